The van der Waals surface area contributed by atoms with E-state index in [0.717, 1.165) is 5.56 Å². The Morgan fingerprint density at radius 2 is 1.94 bits per heavy atom. The second-order valence-electron chi connectivity index (χ2n) is 8.00. The molecule has 1 amide bonds. The number of fused-ring (bicyclic) bond motifs is 1. The number of carbonyl (C=O) groups excluding carboxylic acids is 1. The molecular weight excluding hydrogens is 452 g/mol. The van der Waals surface area contributed by atoms with Crippen molar-refractivity contribution in [2.24, 2.45) is 0 Å². The number of hydrogen-bond donors (Lipinski definition) is 6. The van der Waals surface area contributed by atoms with Crippen LogP contribution in [0.15, 0.2) is 36.7 Å². The fourth-order valence-electron chi connectivity index (χ4n) is 4.17. The number of halogens is 1. The summed E-state index contributed by atoms with van der Waals surface area (Å²) in [6.45, 7) is -0.872. The van der Waals surface area contributed by atoms with Gasteiger partial charge in [0.25, 0.3) is 0 Å². The topological polar surface area (TPSA) is 166 Å². The van der Waals surface area contributed by atoms with Gasteiger partial charge < -0.3 is 35.6 Å². The van der Waals surface area contributed by atoms with Crippen LogP contribution in [0.2, 0.25) is 5.28 Å². The van der Waals surface area contributed by atoms with Gasteiger partial charge in [-0.05, 0) is 30.0 Å². The van der Waals surface area contributed by atoms with Gasteiger partial charge in [0.1, 0.15) is 18.8 Å². The maximum atomic E-state index is 11.5. The standard InChI is InChI=1S/C21H25ClN6O5/c22-21-26-19(24-12(8-29)6-11-4-2-1-3-5-11)16-20(27-21)28(10-23-16)14-7-13(17(32)18(14)33)25-15(31)9-30/h1-5,10,12-14,17-18,29-30,32-33H,6-9H2,(H,25,31)(H,24,26,27). The third-order valence-electron chi connectivity index (χ3n) is 5.78. The molecule has 5 unspecified atom stereocenters. The lowest BCUT2D eigenvalue weighted by molar-refractivity contribution is -0.125. The number of aliphatic hydroxyl groups is 4. The maximum Gasteiger partial charge on any atom is 0.246 e. The summed E-state index contributed by atoms with van der Waals surface area (Å²) in [4.78, 5) is 24.4. The Kier molecular flexibility index (Phi) is 7.05. The Morgan fingerprint density at radius 1 is 1.18 bits per heavy atom. The van der Waals surface area contributed by atoms with E-state index in [4.69, 9.17) is 16.7 Å². The highest BCUT2D eigenvalue weighted by atomic mass is 35.5. The van der Waals surface area contributed by atoms with Crippen molar-refractivity contribution >= 4 is 34.5 Å². The maximum absolute atomic E-state index is 11.5. The van der Waals surface area contributed by atoms with Crippen molar-refractivity contribution < 1.29 is 25.2 Å². The van der Waals surface area contributed by atoms with E-state index in [0.29, 0.717) is 23.4 Å². The number of imidazole rings is 1. The van der Waals surface area contributed by atoms with Crippen molar-refractivity contribution in [3.05, 3.63) is 47.5 Å². The van der Waals surface area contributed by atoms with Crippen molar-refractivity contribution in [3.63, 3.8) is 0 Å². The molecule has 1 aliphatic rings. The fraction of sp³-hybridized carbons (Fsp3) is 0.429. The first kappa shape index (κ1) is 23.3. The van der Waals surface area contributed by atoms with Gasteiger partial charge in [0, 0.05) is 0 Å². The molecule has 1 aromatic carbocycles. The number of aliphatic hydroxyl groups excluding tert-OH is 4. The summed E-state index contributed by atoms with van der Waals surface area (Å²) >= 11 is 6.17. The van der Waals surface area contributed by atoms with Crippen LogP contribution in [0.3, 0.4) is 0 Å². The van der Waals surface area contributed by atoms with Gasteiger partial charge >= 0.3 is 0 Å². The van der Waals surface area contributed by atoms with Gasteiger partial charge in [-0.1, -0.05) is 30.3 Å². The monoisotopic (exact) mass is 476 g/mol. The average molecular weight is 477 g/mol. The van der Waals surface area contributed by atoms with Crippen LogP contribution >= 0.6 is 11.6 Å². The first-order valence-electron chi connectivity index (χ1n) is 10.5. The Bertz CT molecular complexity index is 1110. The number of nitrogens with one attached hydrogen (secondary N) is 2. The highest BCUT2D eigenvalue weighted by Gasteiger charge is 2.43. The second kappa shape index (κ2) is 9.98. The molecule has 1 aliphatic carbocycles. The van der Waals surface area contributed by atoms with Crippen LogP contribution in [0, 0.1) is 0 Å². The molecule has 3 aromatic rings. The molecule has 4 rings (SSSR count). The molecule has 0 saturated heterocycles. The zero-order valence-electron chi connectivity index (χ0n) is 17.5. The van der Waals surface area contributed by atoms with Gasteiger partial charge in [0.2, 0.25) is 11.2 Å². The molecule has 0 radical (unpaired) electrons. The molecule has 5 atom stereocenters. The van der Waals surface area contributed by atoms with Crippen molar-refractivity contribution in [3.8, 4) is 0 Å². The smallest absolute Gasteiger partial charge is 0.246 e. The van der Waals surface area contributed by atoms with E-state index in [9.17, 15) is 20.1 Å². The molecule has 33 heavy (non-hydrogen) atoms. The Balaban J connectivity index is 1.60. The van der Waals surface area contributed by atoms with Crippen LogP contribution in [-0.4, -0.2) is 83.4 Å². The number of anilines is 1. The Hall–Kier alpha value is -2.83. The quantitative estimate of drug-likeness (QED) is 0.238. The number of amides is 1. The lowest BCUT2D eigenvalue weighted by atomic mass is 10.1. The van der Waals surface area contributed by atoms with Crippen molar-refractivity contribution in [1.82, 2.24) is 24.8 Å². The molecule has 0 spiro atoms. The van der Waals surface area contributed by atoms with Crippen molar-refractivity contribution in [1.29, 1.82) is 0 Å². The zero-order chi connectivity index (χ0) is 23.5. The molecule has 1 saturated carbocycles. The SMILES string of the molecule is O=C(CO)NC1CC(n2cnc3c(NC(CO)Cc4ccccc4)nc(Cl)nc32)C(O)C1O. The van der Waals surface area contributed by atoms with Crippen LogP contribution in [0.1, 0.15) is 18.0 Å². The third kappa shape index (κ3) is 4.92. The number of rotatable bonds is 8. The Labute approximate surface area is 194 Å². The first-order valence-corrected chi connectivity index (χ1v) is 10.9. The minimum atomic E-state index is -1.23. The van der Waals surface area contributed by atoms with Crippen LogP contribution in [0.25, 0.3) is 11.2 Å². The van der Waals surface area contributed by atoms with E-state index in [2.05, 4.69) is 25.6 Å². The summed E-state index contributed by atoms with van der Waals surface area (Å²) < 4.78 is 1.58. The van der Waals surface area contributed by atoms with Gasteiger partial charge in [-0.15, -0.1) is 0 Å². The largest absolute Gasteiger partial charge is 0.394 e. The van der Waals surface area contributed by atoms with E-state index in [1.165, 1.54) is 6.33 Å². The predicted octanol–water partition coefficient (Wildman–Crippen LogP) is -0.361. The summed E-state index contributed by atoms with van der Waals surface area (Å²) in [6.07, 6.45) is -0.247. The number of nitrogens with zero attached hydrogens (tertiary/aromatic N) is 4. The highest BCUT2D eigenvalue weighted by Crippen LogP contribution is 2.34. The molecule has 11 nitrogen and oxygen atoms in total. The molecule has 176 valence electrons. The summed E-state index contributed by atoms with van der Waals surface area (Å²) in [7, 11) is 0. The van der Waals surface area contributed by atoms with Crippen LogP contribution < -0.4 is 10.6 Å². The summed E-state index contributed by atoms with van der Waals surface area (Å²) in [5.74, 6) is -0.315. The molecule has 2 aromatic heterocycles. The zero-order valence-corrected chi connectivity index (χ0v) is 18.3. The molecule has 2 heterocycles. The van der Waals surface area contributed by atoms with Crippen LogP contribution in [-0.2, 0) is 11.2 Å². The van der Waals surface area contributed by atoms with E-state index in [1.807, 2.05) is 30.3 Å². The van der Waals surface area contributed by atoms with Crippen LogP contribution in [0.4, 0.5) is 5.82 Å². The van der Waals surface area contributed by atoms with E-state index >= 15 is 0 Å². The molecule has 0 aliphatic heterocycles. The van der Waals surface area contributed by atoms with E-state index in [1.54, 1.807) is 4.57 Å². The average Bonchev–Trinajstić information content (AvgIpc) is 3.35. The number of hydrogen-bond acceptors (Lipinski definition) is 9. The lowest BCUT2D eigenvalue weighted by Crippen LogP contribution is -2.44. The van der Waals surface area contributed by atoms with Gasteiger partial charge in [0.15, 0.2) is 17.0 Å². The highest BCUT2D eigenvalue weighted by molar-refractivity contribution is 6.28. The third-order valence-corrected chi connectivity index (χ3v) is 5.95. The summed E-state index contributed by atoms with van der Waals surface area (Å²) in [5.41, 5.74) is 1.75. The van der Waals surface area contributed by atoms with Gasteiger partial charge in [-0.25, -0.2) is 4.98 Å². The van der Waals surface area contributed by atoms with Gasteiger partial charge in [-0.2, -0.15) is 9.97 Å². The molecule has 0 bridgehead atoms. The summed E-state index contributed by atoms with van der Waals surface area (Å²) in [6, 6.07) is 7.92. The molecule has 12 heteroatoms. The first-order chi connectivity index (χ1) is 15.9. The predicted molar refractivity (Wildman–Crippen MR) is 120 cm³/mol. The van der Waals surface area contributed by atoms with Gasteiger partial charge in [0.05, 0.1) is 31.1 Å². The minimum absolute atomic E-state index is 0.0543. The lowest BCUT2D eigenvalue weighted by Gasteiger charge is -2.19. The van der Waals surface area contributed by atoms with E-state index < -0.39 is 36.8 Å². The number of aromatic nitrogens is 4. The Morgan fingerprint density at radius 3 is 2.64 bits per heavy atom. The minimum Gasteiger partial charge on any atom is -0.394 e. The summed E-state index contributed by atoms with van der Waals surface area (Å²) in [5, 5.41) is 45.4. The molecule has 6 N–H and O–H groups in total. The number of benzene rings is 1. The normalized spacial score (nSPS) is 23.5. The second-order valence-corrected chi connectivity index (χ2v) is 8.33. The fourth-order valence-corrected chi connectivity index (χ4v) is 4.33. The van der Waals surface area contributed by atoms with Crippen molar-refractivity contribution in [2.75, 3.05) is 18.5 Å². The van der Waals surface area contributed by atoms with E-state index in [-0.39, 0.29) is 24.4 Å². The van der Waals surface area contributed by atoms with Crippen LogP contribution in [0.5, 0.6) is 0 Å². The van der Waals surface area contributed by atoms with Gasteiger partial charge in [-0.3, -0.25) is 4.79 Å². The molecule has 1 fully saturated rings. The van der Waals surface area contributed by atoms with Crippen molar-refractivity contribution in [2.45, 2.75) is 43.2 Å². The number of carbonyl (C=O) groups is 1. The molecular formula is C21H25ClN6O5.